The van der Waals surface area contributed by atoms with Crippen LogP contribution in [-0.2, 0) is 11.4 Å². The van der Waals surface area contributed by atoms with E-state index in [1.54, 1.807) is 30.3 Å². The first kappa shape index (κ1) is 20.5. The van der Waals surface area contributed by atoms with Gasteiger partial charge in [-0.05, 0) is 37.1 Å². The lowest BCUT2D eigenvalue weighted by Crippen LogP contribution is -2.48. The molecule has 1 heterocycles. The van der Waals surface area contributed by atoms with Gasteiger partial charge in [0, 0.05) is 36.9 Å². The summed E-state index contributed by atoms with van der Waals surface area (Å²) >= 11 is 6.23. The summed E-state index contributed by atoms with van der Waals surface area (Å²) in [6.45, 7) is 5.63. The van der Waals surface area contributed by atoms with Crippen molar-refractivity contribution < 1.29 is 13.6 Å². The van der Waals surface area contributed by atoms with Gasteiger partial charge in [-0.1, -0.05) is 30.7 Å². The van der Waals surface area contributed by atoms with Gasteiger partial charge < -0.3 is 4.90 Å². The highest BCUT2D eigenvalue weighted by Crippen LogP contribution is 2.29. The number of rotatable bonds is 5. The van der Waals surface area contributed by atoms with Crippen LogP contribution >= 0.6 is 11.6 Å². The number of nitriles is 1. The third-order valence-electron chi connectivity index (χ3n) is 5.03. The topological polar surface area (TPSA) is 39.5 Å². The quantitative estimate of drug-likeness (QED) is 0.714. The van der Waals surface area contributed by atoms with Gasteiger partial charge in [0.25, 0.3) is 0 Å². The summed E-state index contributed by atoms with van der Waals surface area (Å²) < 4.78 is 28.6. The maximum atomic E-state index is 14.5. The van der Waals surface area contributed by atoms with Gasteiger partial charge in [-0.25, -0.2) is 8.78 Å². The Hall–Kier alpha value is -2.20. The van der Waals surface area contributed by atoms with Crippen molar-refractivity contribution in [3.63, 3.8) is 0 Å². The highest BCUT2D eigenvalue weighted by Gasteiger charge is 2.27. The van der Waals surface area contributed by atoms with Crippen LogP contribution in [0.4, 0.5) is 14.5 Å². The number of aryl methyl sites for hydroxylation is 1. The standard InChI is InChI=1S/C21H22ClF2N3O/c1-3-26-13-18(8-9-28-26)27(17-7-6-15(11-25)19(22)10-17)12-16-5-4-14(2)20(23)21(16)24/h4-7,10,18H,3,8-9,12-13H2,1-2H3/t18-/m0/s1. The van der Waals surface area contributed by atoms with Crippen molar-refractivity contribution in [2.45, 2.75) is 32.9 Å². The van der Waals surface area contributed by atoms with Gasteiger partial charge in [-0.2, -0.15) is 10.3 Å². The lowest BCUT2D eigenvalue weighted by molar-refractivity contribution is -0.182. The summed E-state index contributed by atoms with van der Waals surface area (Å²) in [6, 6.07) is 10.4. The van der Waals surface area contributed by atoms with Crippen LogP contribution in [0.5, 0.6) is 0 Å². The Bertz CT molecular complexity index is 900. The Morgan fingerprint density at radius 2 is 2.07 bits per heavy atom. The minimum Gasteiger partial charge on any atom is -0.363 e. The smallest absolute Gasteiger partial charge is 0.164 e. The van der Waals surface area contributed by atoms with Crippen molar-refractivity contribution in [2.24, 2.45) is 0 Å². The summed E-state index contributed by atoms with van der Waals surface area (Å²) in [5, 5.41) is 11.3. The van der Waals surface area contributed by atoms with Crippen LogP contribution in [0.15, 0.2) is 30.3 Å². The Labute approximate surface area is 168 Å². The molecule has 0 amide bonds. The number of hydrogen-bond donors (Lipinski definition) is 0. The monoisotopic (exact) mass is 405 g/mol. The van der Waals surface area contributed by atoms with Crippen LogP contribution in [-0.4, -0.2) is 30.8 Å². The molecule has 0 saturated carbocycles. The molecule has 0 aliphatic carbocycles. The number of hydroxylamine groups is 2. The normalized spacial score (nSPS) is 17.4. The average molecular weight is 406 g/mol. The molecule has 0 unspecified atom stereocenters. The van der Waals surface area contributed by atoms with E-state index in [4.69, 9.17) is 21.7 Å². The fourth-order valence-corrected chi connectivity index (χ4v) is 3.58. The zero-order valence-electron chi connectivity index (χ0n) is 15.9. The van der Waals surface area contributed by atoms with Crippen molar-refractivity contribution in [1.82, 2.24) is 5.06 Å². The summed E-state index contributed by atoms with van der Waals surface area (Å²) in [6.07, 6.45) is 0.740. The summed E-state index contributed by atoms with van der Waals surface area (Å²) in [4.78, 5) is 7.62. The Balaban J connectivity index is 1.98. The van der Waals surface area contributed by atoms with Gasteiger partial charge in [-0.15, -0.1) is 0 Å². The maximum absolute atomic E-state index is 14.5. The summed E-state index contributed by atoms with van der Waals surface area (Å²) in [5.41, 5.74) is 1.68. The van der Waals surface area contributed by atoms with Crippen LogP contribution in [0.3, 0.4) is 0 Å². The van der Waals surface area contributed by atoms with Crippen LogP contribution in [0, 0.1) is 29.9 Å². The first-order valence-corrected chi connectivity index (χ1v) is 9.60. The van der Waals surface area contributed by atoms with Gasteiger partial charge in [0.2, 0.25) is 0 Å². The van der Waals surface area contributed by atoms with Crippen LogP contribution < -0.4 is 4.90 Å². The first-order chi connectivity index (χ1) is 13.4. The molecule has 0 spiro atoms. The molecular weight excluding hydrogens is 384 g/mol. The number of anilines is 1. The second kappa shape index (κ2) is 8.87. The van der Waals surface area contributed by atoms with E-state index in [1.165, 1.54) is 6.92 Å². The number of likely N-dealkylation sites (N-methyl/N-ethyl adjacent to an activating group) is 1. The molecule has 1 saturated heterocycles. The third kappa shape index (κ3) is 4.27. The second-order valence-corrected chi connectivity index (χ2v) is 7.24. The molecular formula is C21H22ClF2N3O. The molecule has 1 aliphatic rings. The molecule has 0 aromatic heterocycles. The molecule has 2 aromatic rings. The van der Waals surface area contributed by atoms with Crippen LogP contribution in [0.1, 0.15) is 30.0 Å². The van der Waals surface area contributed by atoms with E-state index >= 15 is 0 Å². The molecule has 7 heteroatoms. The fourth-order valence-electron chi connectivity index (χ4n) is 3.37. The number of nitrogens with zero attached hydrogens (tertiary/aromatic N) is 3. The molecule has 3 rings (SSSR count). The molecule has 0 N–H and O–H groups in total. The Morgan fingerprint density at radius 3 is 2.75 bits per heavy atom. The van der Waals surface area contributed by atoms with Crippen molar-refractivity contribution in [3.05, 3.63) is 63.7 Å². The highest BCUT2D eigenvalue weighted by molar-refractivity contribution is 6.32. The van der Waals surface area contributed by atoms with E-state index in [2.05, 4.69) is 0 Å². The predicted octanol–water partition coefficient (Wildman–Crippen LogP) is 4.83. The molecule has 148 valence electrons. The van der Waals surface area contributed by atoms with E-state index in [1.807, 2.05) is 23.0 Å². The number of halogens is 3. The molecule has 1 aliphatic heterocycles. The first-order valence-electron chi connectivity index (χ1n) is 9.22. The maximum Gasteiger partial charge on any atom is 0.164 e. The number of hydrogen-bond acceptors (Lipinski definition) is 4. The van der Waals surface area contributed by atoms with Gasteiger partial charge in [0.1, 0.15) is 6.07 Å². The second-order valence-electron chi connectivity index (χ2n) is 6.83. The van der Waals surface area contributed by atoms with Gasteiger partial charge in [0.05, 0.1) is 17.2 Å². The van der Waals surface area contributed by atoms with E-state index < -0.39 is 11.6 Å². The average Bonchev–Trinajstić information content (AvgIpc) is 2.71. The lowest BCUT2D eigenvalue weighted by atomic mass is 10.1. The van der Waals surface area contributed by atoms with Crippen molar-refractivity contribution in [1.29, 1.82) is 5.26 Å². The van der Waals surface area contributed by atoms with E-state index in [-0.39, 0.29) is 23.7 Å². The van der Waals surface area contributed by atoms with Crippen LogP contribution in [0.25, 0.3) is 0 Å². The Kier molecular flexibility index (Phi) is 6.50. The van der Waals surface area contributed by atoms with Crippen molar-refractivity contribution in [3.8, 4) is 6.07 Å². The SMILES string of the molecule is CCN1C[C@@H](N(Cc2ccc(C)c(F)c2F)c2ccc(C#N)c(Cl)c2)CCO1. The largest absolute Gasteiger partial charge is 0.363 e. The molecule has 0 bridgehead atoms. The van der Waals surface area contributed by atoms with E-state index in [0.717, 1.165) is 18.7 Å². The van der Waals surface area contributed by atoms with Gasteiger partial charge in [0.15, 0.2) is 11.6 Å². The molecule has 1 atom stereocenters. The number of benzene rings is 2. The van der Waals surface area contributed by atoms with Gasteiger partial charge in [-0.3, -0.25) is 4.84 Å². The van der Waals surface area contributed by atoms with Crippen LogP contribution in [0.2, 0.25) is 5.02 Å². The summed E-state index contributed by atoms with van der Waals surface area (Å²) in [5.74, 6) is -1.65. The van der Waals surface area contributed by atoms with Gasteiger partial charge >= 0.3 is 0 Å². The Morgan fingerprint density at radius 1 is 1.29 bits per heavy atom. The molecule has 2 aromatic carbocycles. The fraction of sp³-hybridized carbons (Fsp3) is 0.381. The highest BCUT2D eigenvalue weighted by atomic mass is 35.5. The molecule has 1 fully saturated rings. The van der Waals surface area contributed by atoms with E-state index in [9.17, 15) is 8.78 Å². The zero-order valence-corrected chi connectivity index (χ0v) is 16.6. The van der Waals surface area contributed by atoms with Crippen molar-refractivity contribution >= 4 is 17.3 Å². The minimum atomic E-state index is -0.829. The lowest BCUT2D eigenvalue weighted by Gasteiger charge is -2.40. The predicted molar refractivity (Wildman–Crippen MR) is 105 cm³/mol. The molecule has 0 radical (unpaired) electrons. The molecule has 28 heavy (non-hydrogen) atoms. The minimum absolute atomic E-state index is 0.0291. The summed E-state index contributed by atoms with van der Waals surface area (Å²) in [7, 11) is 0. The van der Waals surface area contributed by atoms with Crippen molar-refractivity contribution in [2.75, 3.05) is 24.6 Å². The molecule has 4 nitrogen and oxygen atoms in total. The zero-order chi connectivity index (χ0) is 20.3. The third-order valence-corrected chi connectivity index (χ3v) is 5.35. The van der Waals surface area contributed by atoms with E-state index in [0.29, 0.717) is 23.7 Å².